The van der Waals surface area contributed by atoms with E-state index in [-0.39, 0.29) is 16.2 Å². The summed E-state index contributed by atoms with van der Waals surface area (Å²) in [6, 6.07) is 46.1. The zero-order valence-corrected chi connectivity index (χ0v) is 48.7. The van der Waals surface area contributed by atoms with Crippen LogP contribution in [-0.4, -0.2) is 40.3 Å². The number of aryl methyl sites for hydroxylation is 1. The first-order valence-electron chi connectivity index (χ1n) is 30.0. The fourth-order valence-corrected chi connectivity index (χ4v) is 11.5. The summed E-state index contributed by atoms with van der Waals surface area (Å²) in [5.74, 6) is 5.38. The van der Waals surface area contributed by atoms with Gasteiger partial charge >= 0.3 is 0 Å². The SMILES string of the molecule is [2H]C([2H])([2H])n1c(-n2c3ccc(C(C)(C)C)cc3c3ccc(Oc4cc(N5CN(c6c(/C7=C/C=C\N/C=C\C=C/[B]7)cccc6/C6=C/C=C\N/C=C\C=C/[B]6)c6ccccc65)cc(-c5c(C(C)(C)C)cccc5C(C)(C)C)n4)cc32)nc2ccccc21. The maximum absolute atomic E-state index is 8.88. The summed E-state index contributed by atoms with van der Waals surface area (Å²) >= 11 is 0. The zero-order valence-electron chi connectivity index (χ0n) is 51.7. The molecule has 9 nitrogen and oxygen atoms in total. The van der Waals surface area contributed by atoms with Crippen LogP contribution in [-0.2, 0) is 23.2 Å². The Bertz CT molecular complexity index is 4280. The van der Waals surface area contributed by atoms with Crippen LogP contribution >= 0.6 is 0 Å². The van der Waals surface area contributed by atoms with Gasteiger partial charge in [0, 0.05) is 64.4 Å². The maximum Gasteiger partial charge on any atom is 0.221 e. The monoisotopic (exact) mass is 1090 g/mol. The maximum atomic E-state index is 8.88. The molecule has 0 bridgehead atoms. The predicted octanol–water partition coefficient (Wildman–Crippen LogP) is 17.0. The summed E-state index contributed by atoms with van der Waals surface area (Å²) in [6.07, 6.45) is 24.1. The summed E-state index contributed by atoms with van der Waals surface area (Å²) in [4.78, 5) is 15.4. The van der Waals surface area contributed by atoms with Crippen LogP contribution in [0.5, 0.6) is 11.6 Å². The molecule has 3 aromatic heterocycles. The number of ether oxygens (including phenoxy) is 1. The molecule has 0 spiro atoms. The van der Waals surface area contributed by atoms with E-state index in [2.05, 4.69) is 218 Å². The van der Waals surface area contributed by atoms with Crippen LogP contribution in [0.15, 0.2) is 219 Å². The molecule has 3 aliphatic heterocycles. The van der Waals surface area contributed by atoms with Crippen molar-refractivity contribution in [1.82, 2.24) is 29.7 Å². The van der Waals surface area contributed by atoms with E-state index in [9.17, 15) is 0 Å². The summed E-state index contributed by atoms with van der Waals surface area (Å²) in [5.41, 5.74) is 15.6. The molecule has 0 atom stereocenters. The van der Waals surface area contributed by atoms with E-state index in [1.165, 1.54) is 15.7 Å². The largest absolute Gasteiger partial charge is 0.439 e. The van der Waals surface area contributed by atoms with E-state index in [0.717, 1.165) is 83.4 Å². The summed E-state index contributed by atoms with van der Waals surface area (Å²) in [7, 11) is 4.34. The molecule has 0 amide bonds. The van der Waals surface area contributed by atoms with Crippen LogP contribution in [0.1, 0.15) is 94.2 Å². The van der Waals surface area contributed by atoms with Gasteiger partial charge < -0.3 is 29.7 Å². The molecule has 0 fully saturated rings. The molecular formula is C72H70B2N8O. The third kappa shape index (κ3) is 10.7. The van der Waals surface area contributed by atoms with Gasteiger partial charge in [-0.05, 0) is 123 Å². The van der Waals surface area contributed by atoms with Gasteiger partial charge in [0.15, 0.2) is 14.6 Å². The Morgan fingerprint density at radius 3 is 1.82 bits per heavy atom. The number of benzene rings is 6. The molecule has 0 saturated heterocycles. The fourth-order valence-electron chi connectivity index (χ4n) is 11.5. The van der Waals surface area contributed by atoms with Crippen LogP contribution in [0, 0.1) is 0 Å². The number of anilines is 4. The van der Waals surface area contributed by atoms with E-state index < -0.39 is 6.98 Å². The summed E-state index contributed by atoms with van der Waals surface area (Å²) in [6.45, 7) is 18.1. The number of pyridine rings is 1. The number of hydrogen-bond donors (Lipinski definition) is 2. The van der Waals surface area contributed by atoms with Crippen LogP contribution in [0.4, 0.5) is 22.7 Å². The van der Waals surface area contributed by atoms with Gasteiger partial charge in [0.05, 0.1) is 50.5 Å². The molecule has 9 aromatic rings. The van der Waals surface area contributed by atoms with Crippen molar-refractivity contribution in [2.24, 2.45) is 6.98 Å². The Kier molecular flexibility index (Phi) is 13.4. The lowest BCUT2D eigenvalue weighted by Gasteiger charge is -2.31. The van der Waals surface area contributed by atoms with E-state index in [4.69, 9.17) is 18.8 Å². The lowest BCUT2D eigenvalue weighted by atomic mass is 9.63. The van der Waals surface area contributed by atoms with Gasteiger partial charge in [0.2, 0.25) is 11.8 Å². The van der Waals surface area contributed by atoms with E-state index >= 15 is 0 Å². The minimum Gasteiger partial charge on any atom is -0.439 e. The molecule has 2 radical (unpaired) electrons. The van der Waals surface area contributed by atoms with Gasteiger partial charge in [-0.2, -0.15) is 0 Å². The molecule has 3 aliphatic rings. The van der Waals surface area contributed by atoms with Crippen LogP contribution in [0.3, 0.4) is 0 Å². The van der Waals surface area contributed by atoms with Crippen molar-refractivity contribution in [1.29, 1.82) is 0 Å². The Labute approximate surface area is 494 Å². The highest BCUT2D eigenvalue weighted by Crippen LogP contribution is 2.50. The molecule has 6 aromatic carbocycles. The van der Waals surface area contributed by atoms with Gasteiger partial charge in [0.1, 0.15) is 12.4 Å². The highest BCUT2D eigenvalue weighted by atomic mass is 16.5. The molecule has 410 valence electrons. The van der Waals surface area contributed by atoms with Gasteiger partial charge in [-0.15, -0.1) is 12.0 Å². The number of allylic oxidation sites excluding steroid dienone is 8. The molecule has 11 heteroatoms. The van der Waals surface area contributed by atoms with Crippen molar-refractivity contribution >= 4 is 81.1 Å². The first-order valence-corrected chi connectivity index (χ1v) is 28.5. The normalized spacial score (nSPS) is 19.0. The Hall–Kier alpha value is -9.21. The van der Waals surface area contributed by atoms with Crippen LogP contribution < -0.4 is 25.2 Å². The quantitative estimate of drug-likeness (QED) is 0.147. The van der Waals surface area contributed by atoms with E-state index in [1.54, 1.807) is 0 Å². The van der Waals surface area contributed by atoms with Crippen molar-refractivity contribution in [3.63, 3.8) is 0 Å². The van der Waals surface area contributed by atoms with E-state index in [0.29, 0.717) is 35.3 Å². The van der Waals surface area contributed by atoms with Crippen molar-refractivity contribution in [3.8, 4) is 28.8 Å². The third-order valence-electron chi connectivity index (χ3n) is 15.6. The molecule has 2 N–H and O–H groups in total. The van der Waals surface area contributed by atoms with Crippen LogP contribution in [0.2, 0.25) is 0 Å². The molecule has 83 heavy (non-hydrogen) atoms. The van der Waals surface area contributed by atoms with Gasteiger partial charge in [-0.3, -0.25) is 4.57 Å². The number of aromatic nitrogens is 4. The second-order valence-electron chi connectivity index (χ2n) is 24.4. The summed E-state index contributed by atoms with van der Waals surface area (Å²) in [5, 5.41) is 8.42. The first kappa shape index (κ1) is 50.7. The molecule has 12 rings (SSSR count). The van der Waals surface area contributed by atoms with Crippen LogP contribution in [0.25, 0.3) is 61.0 Å². The van der Waals surface area contributed by atoms with Crippen molar-refractivity contribution in [2.45, 2.75) is 78.6 Å². The fraction of sp³-hybridized carbons (Fsp3) is 0.194. The van der Waals surface area contributed by atoms with Crippen molar-refractivity contribution in [2.75, 3.05) is 16.5 Å². The number of fused-ring (bicyclic) bond motifs is 5. The number of rotatable bonds is 8. The van der Waals surface area contributed by atoms with Crippen molar-refractivity contribution in [3.05, 3.63) is 247 Å². The van der Waals surface area contributed by atoms with Gasteiger partial charge in [-0.25, -0.2) is 9.97 Å². The number of para-hydroxylation sites is 5. The zero-order chi connectivity index (χ0) is 60.1. The Balaban J connectivity index is 1.07. The number of imidazole rings is 1. The topological polar surface area (TPSA) is 75.4 Å². The number of nitrogens with one attached hydrogen (secondary N) is 2. The van der Waals surface area contributed by atoms with Gasteiger partial charge in [0.25, 0.3) is 0 Å². The van der Waals surface area contributed by atoms with Gasteiger partial charge in [-0.1, -0.05) is 164 Å². The molecular weight excluding hydrogens is 1010 g/mol. The lowest BCUT2D eigenvalue weighted by Crippen LogP contribution is -2.26. The smallest absolute Gasteiger partial charge is 0.221 e. The Morgan fingerprint density at radius 1 is 0.542 bits per heavy atom. The average molecular weight is 1090 g/mol. The minimum atomic E-state index is -2.54. The Morgan fingerprint density at radius 2 is 1.17 bits per heavy atom. The first-order chi connectivity index (χ1) is 41.2. The standard InChI is InChI=1S/C72H70B2N8O/c1-70(2,3)48-33-36-61-54(43-48)51-35-34-50(46-65(51)82(61)69-78-59-29-11-12-30-62(59)79(69)10)83-66-45-49(44-60(77-66)67-55(71(4,5)6)25-20-26-56(67)72(7,8)9)80-47-81(64-32-14-13-31-63(64)80)68-52(57-27-21-41-75-39-17-15-37-73-57)23-19-24-53(68)58-28-22-42-76-40-18-16-38-74-58/h11-46,75-76H,47H2,1-10H3/b37-15-,38-16-,39-17-,40-18-,41-21-,42-22-,57-27-,58-28-/i10D3. The molecule has 0 unspecified atom stereocenters. The highest BCUT2D eigenvalue weighted by molar-refractivity contribution is 6.67. The molecule has 6 heterocycles. The average Bonchev–Trinajstić information content (AvgIpc) is 1.81. The summed E-state index contributed by atoms with van der Waals surface area (Å²) < 4.78 is 37.2. The second kappa shape index (κ2) is 21.9. The number of hydrogen-bond acceptors (Lipinski definition) is 7. The van der Waals surface area contributed by atoms with Crippen molar-refractivity contribution < 1.29 is 8.85 Å². The minimum absolute atomic E-state index is 0.147. The number of nitrogens with zero attached hydrogens (tertiary/aromatic N) is 6. The molecule has 0 aliphatic carbocycles. The highest BCUT2D eigenvalue weighted by Gasteiger charge is 2.34. The molecule has 0 saturated carbocycles. The third-order valence-corrected chi connectivity index (χ3v) is 15.6. The predicted molar refractivity (Wildman–Crippen MR) is 352 cm³/mol. The second-order valence-corrected chi connectivity index (χ2v) is 24.4. The van der Waals surface area contributed by atoms with E-state index in [1.807, 2.05) is 102 Å². The lowest BCUT2D eigenvalue weighted by molar-refractivity contribution is 0.464.